The second kappa shape index (κ2) is 6.28. The highest BCUT2D eigenvalue weighted by molar-refractivity contribution is 8.00. The molecule has 3 heteroatoms. The Morgan fingerprint density at radius 1 is 0.889 bits per heavy atom. The number of thioether (sulfide) groups is 1. The number of para-hydroxylation sites is 1. The van der Waals surface area contributed by atoms with Gasteiger partial charge in [0.2, 0.25) is 5.91 Å². The number of β-lactam (4-membered cyclic amide) rings is 1. The van der Waals surface area contributed by atoms with Crippen LogP contribution in [-0.4, -0.2) is 11.2 Å². The van der Waals surface area contributed by atoms with Crippen LogP contribution in [0.5, 0.6) is 0 Å². The fourth-order valence-corrected chi connectivity index (χ4v) is 5.99. The van der Waals surface area contributed by atoms with E-state index in [-0.39, 0.29) is 17.4 Å². The number of hydrogen-bond donors (Lipinski definition) is 0. The molecular weight excluding hydrogens is 350 g/mol. The summed E-state index contributed by atoms with van der Waals surface area (Å²) < 4.78 is 0. The predicted octanol–water partition coefficient (Wildman–Crippen LogP) is 5.60. The standard InChI is InChI=1S/C24H21NOS/c1-17-16-24(19-12-6-3-7-13-19)22(18-10-4-2-5-11-18)23(26)25(24)20-14-8-9-15-21(20)27-17/h2-15,17,22H,16H2,1H3/t17-,22+,24+/m0/s1. The molecule has 0 aliphatic carbocycles. The fraction of sp³-hybridized carbons (Fsp3) is 0.208. The van der Waals surface area contributed by atoms with Gasteiger partial charge in [0, 0.05) is 10.1 Å². The summed E-state index contributed by atoms with van der Waals surface area (Å²) in [7, 11) is 0. The van der Waals surface area contributed by atoms with Crippen LogP contribution in [0.1, 0.15) is 30.4 Å². The van der Waals surface area contributed by atoms with E-state index in [2.05, 4.69) is 66.4 Å². The van der Waals surface area contributed by atoms with Crippen molar-refractivity contribution < 1.29 is 4.79 Å². The van der Waals surface area contributed by atoms with Gasteiger partial charge in [0.1, 0.15) is 0 Å². The summed E-state index contributed by atoms with van der Waals surface area (Å²) in [5, 5.41) is 0.413. The molecule has 1 fully saturated rings. The first kappa shape index (κ1) is 16.6. The Bertz CT molecular complexity index is 988. The highest BCUT2D eigenvalue weighted by atomic mass is 32.2. The van der Waals surface area contributed by atoms with Crippen LogP contribution in [0.2, 0.25) is 0 Å². The Morgan fingerprint density at radius 3 is 2.26 bits per heavy atom. The molecule has 2 heterocycles. The Morgan fingerprint density at radius 2 is 1.52 bits per heavy atom. The monoisotopic (exact) mass is 371 g/mol. The van der Waals surface area contributed by atoms with Gasteiger partial charge >= 0.3 is 0 Å². The second-order valence-corrected chi connectivity index (χ2v) is 8.89. The Labute approximate surface area is 164 Å². The van der Waals surface area contributed by atoms with Crippen molar-refractivity contribution in [2.75, 3.05) is 4.90 Å². The van der Waals surface area contributed by atoms with E-state index in [0.717, 1.165) is 17.7 Å². The summed E-state index contributed by atoms with van der Waals surface area (Å²) in [6, 6.07) is 29.2. The van der Waals surface area contributed by atoms with Crippen molar-refractivity contribution in [1.29, 1.82) is 0 Å². The Balaban J connectivity index is 1.77. The SMILES string of the molecule is C[C@H]1C[C@@]2(c3ccccc3)[C@H](c3ccccc3)C(=O)N2c2ccccc2S1. The maximum Gasteiger partial charge on any atom is 0.238 e. The molecule has 0 N–H and O–H groups in total. The van der Waals surface area contributed by atoms with Crippen LogP contribution in [0.25, 0.3) is 0 Å². The van der Waals surface area contributed by atoms with Crippen molar-refractivity contribution in [3.8, 4) is 0 Å². The summed E-state index contributed by atoms with van der Waals surface area (Å²) in [5.41, 5.74) is 3.05. The van der Waals surface area contributed by atoms with Crippen molar-refractivity contribution in [2.24, 2.45) is 0 Å². The highest BCUT2D eigenvalue weighted by Gasteiger charge is 2.63. The first-order valence-corrected chi connectivity index (χ1v) is 10.3. The molecule has 0 bridgehead atoms. The topological polar surface area (TPSA) is 20.3 Å². The van der Waals surface area contributed by atoms with Gasteiger partial charge in [-0.05, 0) is 29.7 Å². The lowest BCUT2D eigenvalue weighted by atomic mass is 9.63. The number of amides is 1. The number of benzene rings is 3. The van der Waals surface area contributed by atoms with E-state index < -0.39 is 0 Å². The Kier molecular flexibility index (Phi) is 3.87. The minimum atomic E-state index is -0.335. The number of fused-ring (bicyclic) bond motifs is 3. The average molecular weight is 372 g/mol. The van der Waals surface area contributed by atoms with Crippen molar-refractivity contribution in [3.63, 3.8) is 0 Å². The first-order valence-electron chi connectivity index (χ1n) is 9.42. The lowest BCUT2D eigenvalue weighted by Crippen LogP contribution is -2.68. The first-order chi connectivity index (χ1) is 13.2. The number of nitrogens with zero attached hydrogens (tertiary/aromatic N) is 1. The van der Waals surface area contributed by atoms with Crippen LogP contribution in [-0.2, 0) is 10.3 Å². The van der Waals surface area contributed by atoms with Crippen LogP contribution in [0.3, 0.4) is 0 Å². The van der Waals surface area contributed by atoms with Crippen molar-refractivity contribution >= 4 is 23.4 Å². The highest BCUT2D eigenvalue weighted by Crippen LogP contribution is 2.60. The smallest absolute Gasteiger partial charge is 0.238 e. The molecule has 3 aromatic rings. The molecule has 0 radical (unpaired) electrons. The van der Waals surface area contributed by atoms with E-state index in [1.807, 2.05) is 42.1 Å². The predicted molar refractivity (Wildman–Crippen MR) is 111 cm³/mol. The Hall–Kier alpha value is -2.52. The average Bonchev–Trinajstić information content (AvgIpc) is 2.81. The van der Waals surface area contributed by atoms with Gasteiger partial charge in [0.05, 0.1) is 17.1 Å². The van der Waals surface area contributed by atoms with Gasteiger partial charge in [-0.2, -0.15) is 0 Å². The van der Waals surface area contributed by atoms with Crippen LogP contribution in [0, 0.1) is 0 Å². The van der Waals surface area contributed by atoms with Crippen LogP contribution >= 0.6 is 11.8 Å². The molecule has 134 valence electrons. The van der Waals surface area contributed by atoms with E-state index in [9.17, 15) is 4.79 Å². The summed E-state index contributed by atoms with van der Waals surface area (Å²) in [5.74, 6) is 0.0579. The van der Waals surface area contributed by atoms with Gasteiger partial charge in [-0.1, -0.05) is 79.7 Å². The van der Waals surface area contributed by atoms with E-state index >= 15 is 0 Å². The maximum absolute atomic E-state index is 13.5. The van der Waals surface area contributed by atoms with Crippen LogP contribution in [0.4, 0.5) is 5.69 Å². The third-order valence-corrected chi connectivity index (χ3v) is 6.95. The zero-order valence-corrected chi connectivity index (χ0v) is 16.0. The number of carbonyl (C=O) groups excluding carboxylic acids is 1. The molecule has 0 spiro atoms. The summed E-state index contributed by atoms with van der Waals surface area (Å²) in [6.45, 7) is 2.28. The molecule has 3 aromatic carbocycles. The number of hydrogen-bond acceptors (Lipinski definition) is 2. The maximum atomic E-state index is 13.5. The van der Waals surface area contributed by atoms with Gasteiger partial charge in [-0.3, -0.25) is 9.69 Å². The number of anilines is 1. The number of carbonyl (C=O) groups is 1. The van der Waals surface area contributed by atoms with Crippen molar-refractivity contribution in [1.82, 2.24) is 0 Å². The van der Waals surface area contributed by atoms with E-state index in [4.69, 9.17) is 0 Å². The van der Waals surface area contributed by atoms with Gasteiger partial charge in [0.15, 0.2) is 0 Å². The van der Waals surface area contributed by atoms with Gasteiger partial charge < -0.3 is 0 Å². The molecule has 3 atom stereocenters. The molecule has 0 aromatic heterocycles. The summed E-state index contributed by atoms with van der Waals surface area (Å²) >= 11 is 1.88. The second-order valence-electron chi connectivity index (χ2n) is 7.41. The van der Waals surface area contributed by atoms with Gasteiger partial charge in [-0.15, -0.1) is 11.8 Å². The van der Waals surface area contributed by atoms with Crippen molar-refractivity contribution in [2.45, 2.75) is 34.9 Å². The molecular formula is C24H21NOS. The van der Waals surface area contributed by atoms with E-state index in [1.54, 1.807) is 0 Å². The summed E-state index contributed by atoms with van der Waals surface area (Å²) in [4.78, 5) is 16.8. The molecule has 2 aliphatic heterocycles. The van der Waals surface area contributed by atoms with Crippen LogP contribution in [0.15, 0.2) is 89.8 Å². The molecule has 0 saturated carbocycles. The lowest BCUT2D eigenvalue weighted by Gasteiger charge is -2.58. The molecule has 1 amide bonds. The normalized spacial score (nSPS) is 26.6. The van der Waals surface area contributed by atoms with Gasteiger partial charge in [-0.25, -0.2) is 0 Å². The van der Waals surface area contributed by atoms with Crippen LogP contribution < -0.4 is 4.90 Å². The van der Waals surface area contributed by atoms with E-state index in [0.29, 0.717) is 5.25 Å². The zero-order valence-electron chi connectivity index (χ0n) is 15.2. The third-order valence-electron chi connectivity index (χ3n) is 5.78. The molecule has 2 nitrogen and oxygen atoms in total. The molecule has 0 unspecified atom stereocenters. The minimum absolute atomic E-state index is 0.143. The molecule has 2 aliphatic rings. The molecule has 1 saturated heterocycles. The molecule has 5 rings (SSSR count). The number of rotatable bonds is 2. The molecule has 27 heavy (non-hydrogen) atoms. The largest absolute Gasteiger partial charge is 0.299 e. The van der Waals surface area contributed by atoms with E-state index in [1.165, 1.54) is 10.5 Å². The zero-order chi connectivity index (χ0) is 18.4. The quantitative estimate of drug-likeness (QED) is 0.547. The fourth-order valence-electron chi connectivity index (χ4n) is 4.78. The third kappa shape index (κ3) is 2.38. The lowest BCUT2D eigenvalue weighted by molar-refractivity contribution is -0.131. The summed E-state index contributed by atoms with van der Waals surface area (Å²) in [6.07, 6.45) is 0.932. The minimum Gasteiger partial charge on any atom is -0.299 e. The van der Waals surface area contributed by atoms with Crippen molar-refractivity contribution in [3.05, 3.63) is 96.1 Å². The van der Waals surface area contributed by atoms with Gasteiger partial charge in [0.25, 0.3) is 0 Å².